The average Bonchev–Trinajstić information content (AvgIpc) is 2.29. The van der Waals surface area contributed by atoms with E-state index in [2.05, 4.69) is 5.32 Å². The fourth-order valence-corrected chi connectivity index (χ4v) is 3.34. The number of nitrogens with one attached hydrogen (secondary N) is 1. The largest absolute Gasteiger partial charge is 0.375 e. The van der Waals surface area contributed by atoms with E-state index in [0.717, 1.165) is 0 Å². The zero-order valence-corrected chi connectivity index (χ0v) is 10.7. The normalized spacial score (nSPS) is 33.4. The molecule has 2 atom stereocenters. The number of hydrogen-bond donors (Lipinski definition) is 1. The van der Waals surface area contributed by atoms with Crippen LogP contribution in [0.4, 0.5) is 0 Å². The van der Waals surface area contributed by atoms with E-state index < -0.39 is 9.84 Å². The summed E-state index contributed by atoms with van der Waals surface area (Å²) >= 11 is 0. The lowest BCUT2D eigenvalue weighted by Gasteiger charge is -2.35. The third-order valence-electron chi connectivity index (χ3n) is 3.24. The Labute approximate surface area is 101 Å². The van der Waals surface area contributed by atoms with Crippen LogP contribution in [0.3, 0.4) is 0 Å². The van der Waals surface area contributed by atoms with Crippen molar-refractivity contribution in [2.24, 2.45) is 0 Å². The fourth-order valence-electron chi connectivity index (χ4n) is 2.14. The zero-order chi connectivity index (χ0) is 12.5. The van der Waals surface area contributed by atoms with E-state index >= 15 is 0 Å². The Bertz CT molecular complexity index is 381. The summed E-state index contributed by atoms with van der Waals surface area (Å²) in [5, 5.41) is 3.12. The van der Waals surface area contributed by atoms with Crippen LogP contribution in [-0.4, -0.2) is 69.1 Å². The molecule has 0 unspecified atom stereocenters. The van der Waals surface area contributed by atoms with Gasteiger partial charge in [0.2, 0.25) is 5.91 Å². The molecule has 0 spiro atoms. The van der Waals surface area contributed by atoms with Crippen LogP contribution in [-0.2, 0) is 19.4 Å². The van der Waals surface area contributed by atoms with Crippen LogP contribution < -0.4 is 5.32 Å². The lowest BCUT2D eigenvalue weighted by Crippen LogP contribution is -2.58. The van der Waals surface area contributed by atoms with Gasteiger partial charge >= 0.3 is 0 Å². The first-order valence-corrected chi connectivity index (χ1v) is 7.66. The highest BCUT2D eigenvalue weighted by molar-refractivity contribution is 7.91. The topological polar surface area (TPSA) is 75.7 Å². The van der Waals surface area contributed by atoms with E-state index in [4.69, 9.17) is 4.74 Å². The molecule has 0 saturated carbocycles. The van der Waals surface area contributed by atoms with Crippen LogP contribution in [0.15, 0.2) is 0 Å². The first kappa shape index (κ1) is 12.8. The Morgan fingerprint density at radius 3 is 2.59 bits per heavy atom. The fraction of sp³-hybridized carbons (Fsp3) is 0.900. The molecule has 0 aliphatic carbocycles. The van der Waals surface area contributed by atoms with Crippen molar-refractivity contribution in [3.63, 3.8) is 0 Å². The number of ether oxygens (including phenoxy) is 1. The molecule has 1 amide bonds. The Balaban J connectivity index is 1.96. The lowest BCUT2D eigenvalue weighted by atomic mass is 10.1. The van der Waals surface area contributed by atoms with Crippen molar-refractivity contribution < 1.29 is 17.9 Å². The number of carbonyl (C=O) groups is 1. The maximum absolute atomic E-state index is 12.2. The summed E-state index contributed by atoms with van der Waals surface area (Å²) < 4.78 is 28.0. The summed E-state index contributed by atoms with van der Waals surface area (Å²) in [5.41, 5.74) is 0. The van der Waals surface area contributed by atoms with E-state index in [-0.39, 0.29) is 29.6 Å². The van der Waals surface area contributed by atoms with Gasteiger partial charge in [0.05, 0.1) is 24.2 Å². The Hall–Kier alpha value is -0.660. The Morgan fingerprint density at radius 2 is 2.00 bits per heavy atom. The molecule has 98 valence electrons. The van der Waals surface area contributed by atoms with Crippen molar-refractivity contribution >= 4 is 15.7 Å². The minimum absolute atomic E-state index is 0.0490. The standard InChI is InChI=1S/C10H18N2O4S/c1-8-9(11-2-5-16-8)10(13)12-3-6-17(14,15)7-4-12/h8-9,11H,2-7H2,1H3/t8-,9+/m1/s1. The smallest absolute Gasteiger partial charge is 0.242 e. The Morgan fingerprint density at radius 1 is 1.35 bits per heavy atom. The second-order valence-corrected chi connectivity index (χ2v) is 6.79. The van der Waals surface area contributed by atoms with Crippen LogP contribution in [0.5, 0.6) is 0 Å². The van der Waals surface area contributed by atoms with Crippen molar-refractivity contribution in [2.75, 3.05) is 37.7 Å². The molecule has 17 heavy (non-hydrogen) atoms. The van der Waals surface area contributed by atoms with Crippen molar-refractivity contribution in [3.8, 4) is 0 Å². The van der Waals surface area contributed by atoms with Gasteiger partial charge in [-0.2, -0.15) is 0 Å². The van der Waals surface area contributed by atoms with Gasteiger partial charge in [-0.3, -0.25) is 4.79 Å². The molecule has 0 aromatic rings. The molecule has 6 nitrogen and oxygen atoms in total. The first-order chi connectivity index (χ1) is 7.99. The van der Waals surface area contributed by atoms with Crippen molar-refractivity contribution in [1.29, 1.82) is 0 Å². The second kappa shape index (κ2) is 4.91. The average molecular weight is 262 g/mol. The first-order valence-electron chi connectivity index (χ1n) is 5.84. The maximum atomic E-state index is 12.2. The number of carbonyl (C=O) groups excluding carboxylic acids is 1. The van der Waals surface area contributed by atoms with Gasteiger partial charge < -0.3 is 15.0 Å². The molecular weight excluding hydrogens is 244 g/mol. The van der Waals surface area contributed by atoms with E-state index in [1.54, 1.807) is 4.90 Å². The number of morpholine rings is 1. The van der Waals surface area contributed by atoms with Crippen LogP contribution in [0, 0.1) is 0 Å². The van der Waals surface area contributed by atoms with Crippen LogP contribution in [0.25, 0.3) is 0 Å². The van der Waals surface area contributed by atoms with Gasteiger partial charge in [-0.15, -0.1) is 0 Å². The van der Waals surface area contributed by atoms with Crippen molar-refractivity contribution in [1.82, 2.24) is 10.2 Å². The van der Waals surface area contributed by atoms with Gasteiger partial charge in [0.1, 0.15) is 6.04 Å². The molecule has 7 heteroatoms. The third kappa shape index (κ3) is 2.97. The minimum atomic E-state index is -2.94. The molecule has 0 aromatic carbocycles. The van der Waals surface area contributed by atoms with E-state index in [1.807, 2.05) is 6.92 Å². The number of rotatable bonds is 1. The number of amides is 1. The summed E-state index contributed by atoms with van der Waals surface area (Å²) in [4.78, 5) is 13.8. The number of hydrogen-bond acceptors (Lipinski definition) is 5. The summed E-state index contributed by atoms with van der Waals surface area (Å²) in [6.07, 6.45) is -0.158. The molecule has 2 saturated heterocycles. The van der Waals surface area contributed by atoms with Gasteiger partial charge in [-0.05, 0) is 6.92 Å². The van der Waals surface area contributed by atoms with Crippen molar-refractivity contribution in [2.45, 2.75) is 19.1 Å². The highest BCUT2D eigenvalue weighted by Crippen LogP contribution is 2.11. The van der Waals surface area contributed by atoms with Crippen LogP contribution >= 0.6 is 0 Å². The molecule has 2 rings (SSSR count). The Kier molecular flexibility index (Phi) is 3.70. The molecule has 0 bridgehead atoms. The van der Waals surface area contributed by atoms with Gasteiger partial charge in [0.25, 0.3) is 0 Å². The van der Waals surface area contributed by atoms with Crippen LogP contribution in [0.1, 0.15) is 6.92 Å². The predicted octanol–water partition coefficient (Wildman–Crippen LogP) is -1.38. The quantitative estimate of drug-likeness (QED) is 0.630. The number of sulfone groups is 1. The monoisotopic (exact) mass is 262 g/mol. The highest BCUT2D eigenvalue weighted by Gasteiger charge is 2.34. The van der Waals surface area contributed by atoms with Gasteiger partial charge in [-0.25, -0.2) is 8.42 Å². The van der Waals surface area contributed by atoms with Crippen molar-refractivity contribution in [3.05, 3.63) is 0 Å². The van der Waals surface area contributed by atoms with Gasteiger partial charge in [0.15, 0.2) is 9.84 Å². The lowest BCUT2D eigenvalue weighted by molar-refractivity contribution is -0.139. The second-order valence-electron chi connectivity index (χ2n) is 4.48. The summed E-state index contributed by atoms with van der Waals surface area (Å²) in [5.74, 6) is 0.0913. The predicted molar refractivity (Wildman–Crippen MR) is 62.4 cm³/mol. The van der Waals surface area contributed by atoms with Gasteiger partial charge in [-0.1, -0.05) is 0 Å². The molecule has 1 N–H and O–H groups in total. The maximum Gasteiger partial charge on any atom is 0.242 e. The third-order valence-corrected chi connectivity index (χ3v) is 4.85. The number of nitrogens with zero attached hydrogens (tertiary/aromatic N) is 1. The molecular formula is C10H18N2O4S. The van der Waals surface area contributed by atoms with E-state index in [9.17, 15) is 13.2 Å². The molecule has 0 radical (unpaired) electrons. The SMILES string of the molecule is C[C@H]1OCCN[C@@H]1C(=O)N1CCS(=O)(=O)CC1. The summed E-state index contributed by atoms with van der Waals surface area (Å²) in [6.45, 7) is 3.72. The van der Waals surface area contributed by atoms with Gasteiger partial charge in [0, 0.05) is 19.6 Å². The van der Waals surface area contributed by atoms with E-state index in [1.165, 1.54) is 0 Å². The molecule has 0 aromatic heterocycles. The highest BCUT2D eigenvalue weighted by atomic mass is 32.2. The zero-order valence-electron chi connectivity index (χ0n) is 9.89. The minimum Gasteiger partial charge on any atom is -0.375 e. The van der Waals surface area contributed by atoms with E-state index in [0.29, 0.717) is 26.2 Å². The summed E-state index contributed by atoms with van der Waals surface area (Å²) in [7, 11) is -2.94. The van der Waals surface area contributed by atoms with Crippen LogP contribution in [0.2, 0.25) is 0 Å². The molecule has 2 aliphatic rings. The molecule has 2 heterocycles. The molecule has 2 aliphatic heterocycles. The summed E-state index contributed by atoms with van der Waals surface area (Å²) in [6, 6.07) is -0.343. The molecule has 2 fully saturated rings.